The Labute approximate surface area is 89.5 Å². The van der Waals surface area contributed by atoms with E-state index < -0.39 is 5.60 Å². The van der Waals surface area contributed by atoms with Crippen molar-refractivity contribution in [2.24, 2.45) is 0 Å². The highest BCUT2D eigenvalue weighted by atomic mass is 32.2. The molecule has 4 nitrogen and oxygen atoms in total. The van der Waals surface area contributed by atoms with Crippen molar-refractivity contribution in [1.29, 1.82) is 0 Å². The second kappa shape index (κ2) is 4.89. The van der Waals surface area contributed by atoms with Gasteiger partial charge in [-0.15, -0.1) is 0 Å². The first-order valence-corrected chi connectivity index (χ1v) is 5.80. The van der Waals surface area contributed by atoms with Gasteiger partial charge in [0.2, 0.25) is 0 Å². The molecule has 1 heterocycles. The molecule has 5 heteroatoms. The van der Waals surface area contributed by atoms with Crippen LogP contribution in [0, 0.1) is 0 Å². The number of nitrogens with zero attached hydrogens (tertiary/aromatic N) is 1. The summed E-state index contributed by atoms with van der Waals surface area (Å²) in [6.07, 6.45) is -0.207. The van der Waals surface area contributed by atoms with Gasteiger partial charge in [0.15, 0.2) is 0 Å². The second-order valence-electron chi connectivity index (χ2n) is 4.21. The van der Waals surface area contributed by atoms with Crippen molar-refractivity contribution >= 4 is 18.0 Å². The molecule has 1 aliphatic heterocycles. The van der Waals surface area contributed by atoms with Crippen molar-refractivity contribution < 1.29 is 9.53 Å². The monoisotopic (exact) mass is 218 g/mol. The van der Waals surface area contributed by atoms with Crippen molar-refractivity contribution in [3.63, 3.8) is 0 Å². The van der Waals surface area contributed by atoms with Gasteiger partial charge in [0.05, 0.1) is 0 Å². The van der Waals surface area contributed by atoms with E-state index >= 15 is 0 Å². The number of amides is 1. The highest BCUT2D eigenvalue weighted by Crippen LogP contribution is 2.11. The Hall–Kier alpha value is -0.420. The average molecular weight is 218 g/mol. The van der Waals surface area contributed by atoms with Crippen molar-refractivity contribution in [2.75, 3.05) is 25.4 Å². The summed E-state index contributed by atoms with van der Waals surface area (Å²) in [5.41, 5.74) is -0.399. The predicted molar refractivity (Wildman–Crippen MR) is 58.3 cm³/mol. The molecule has 0 aromatic carbocycles. The van der Waals surface area contributed by atoms with Crippen LogP contribution in [-0.4, -0.2) is 42.0 Å². The van der Waals surface area contributed by atoms with Crippen LogP contribution >= 0.6 is 11.9 Å². The third-order valence-electron chi connectivity index (χ3n) is 1.70. The van der Waals surface area contributed by atoms with Gasteiger partial charge < -0.3 is 9.64 Å². The third kappa shape index (κ3) is 4.19. The number of hydrogen-bond donors (Lipinski definition) is 1. The summed E-state index contributed by atoms with van der Waals surface area (Å²) in [7, 11) is 0. The summed E-state index contributed by atoms with van der Waals surface area (Å²) >= 11 is 1.66. The summed E-state index contributed by atoms with van der Waals surface area (Å²) in [4.78, 5) is 13.4. The topological polar surface area (TPSA) is 41.6 Å². The Morgan fingerprint density at radius 1 is 1.43 bits per heavy atom. The number of carbonyl (C=O) groups excluding carboxylic acids is 1. The number of nitrogens with one attached hydrogen (secondary N) is 1. The van der Waals surface area contributed by atoms with E-state index in [-0.39, 0.29) is 6.09 Å². The summed E-state index contributed by atoms with van der Waals surface area (Å²) in [6.45, 7) is 7.96. The lowest BCUT2D eigenvalue weighted by Gasteiger charge is -2.25. The molecule has 0 saturated carbocycles. The average Bonchev–Trinajstić information content (AvgIpc) is 2.27. The predicted octanol–water partition coefficient (Wildman–Crippen LogP) is 1.47. The van der Waals surface area contributed by atoms with Gasteiger partial charge in [-0.3, -0.25) is 4.72 Å². The van der Waals surface area contributed by atoms with Crippen molar-refractivity contribution in [1.82, 2.24) is 9.62 Å². The Kier molecular flexibility index (Phi) is 4.07. The summed E-state index contributed by atoms with van der Waals surface area (Å²) in [5.74, 6) is 0.916. The number of ether oxygens (including phenoxy) is 1. The smallest absolute Gasteiger partial charge is 0.410 e. The fourth-order valence-corrected chi connectivity index (χ4v) is 1.79. The molecule has 1 aliphatic rings. The minimum absolute atomic E-state index is 0.207. The Balaban J connectivity index is 2.42. The minimum atomic E-state index is -0.399. The van der Waals surface area contributed by atoms with Crippen LogP contribution in [0.3, 0.4) is 0 Å². The van der Waals surface area contributed by atoms with Crippen LogP contribution in [0.2, 0.25) is 0 Å². The molecule has 0 aromatic heterocycles. The van der Waals surface area contributed by atoms with Gasteiger partial charge in [-0.05, 0) is 20.8 Å². The lowest BCUT2D eigenvalue weighted by atomic mass is 10.2. The van der Waals surface area contributed by atoms with Crippen molar-refractivity contribution in [2.45, 2.75) is 26.4 Å². The molecule has 0 radical (unpaired) electrons. The molecular formula is C9H18N2O2S. The first kappa shape index (κ1) is 11.7. The molecule has 0 aromatic rings. The summed E-state index contributed by atoms with van der Waals surface area (Å²) in [6, 6.07) is 0. The zero-order chi connectivity index (χ0) is 10.6. The van der Waals surface area contributed by atoms with E-state index in [2.05, 4.69) is 4.72 Å². The fourth-order valence-electron chi connectivity index (χ4n) is 1.10. The van der Waals surface area contributed by atoms with Crippen LogP contribution in [-0.2, 0) is 4.74 Å². The van der Waals surface area contributed by atoms with E-state index in [1.807, 2.05) is 20.8 Å². The van der Waals surface area contributed by atoms with Gasteiger partial charge >= 0.3 is 6.09 Å². The lowest BCUT2D eigenvalue weighted by Crippen LogP contribution is -2.39. The minimum Gasteiger partial charge on any atom is -0.444 e. The van der Waals surface area contributed by atoms with Crippen LogP contribution in [0.15, 0.2) is 0 Å². The van der Waals surface area contributed by atoms with Crippen molar-refractivity contribution in [3.05, 3.63) is 0 Å². The van der Waals surface area contributed by atoms with Crippen LogP contribution in [0.5, 0.6) is 0 Å². The van der Waals surface area contributed by atoms with Gasteiger partial charge in [0, 0.05) is 25.4 Å². The molecule has 1 N–H and O–H groups in total. The molecule has 14 heavy (non-hydrogen) atoms. The molecule has 0 spiro atoms. The molecule has 1 rings (SSSR count). The first-order valence-electron chi connectivity index (χ1n) is 4.81. The van der Waals surface area contributed by atoms with Gasteiger partial charge in [-0.25, -0.2) is 4.79 Å². The summed E-state index contributed by atoms with van der Waals surface area (Å²) in [5, 5.41) is 0. The van der Waals surface area contributed by atoms with E-state index in [4.69, 9.17) is 4.74 Å². The maximum atomic E-state index is 11.6. The molecular weight excluding hydrogens is 200 g/mol. The Morgan fingerprint density at radius 3 is 2.79 bits per heavy atom. The normalized spacial score (nSPS) is 18.9. The third-order valence-corrected chi connectivity index (χ3v) is 2.50. The largest absolute Gasteiger partial charge is 0.444 e. The SMILES string of the molecule is CC(C)(C)OC(=O)N1CCNSCC1. The maximum absolute atomic E-state index is 11.6. The quantitative estimate of drug-likeness (QED) is 0.625. The van der Waals surface area contributed by atoms with E-state index in [0.29, 0.717) is 0 Å². The molecule has 82 valence electrons. The van der Waals surface area contributed by atoms with Crippen LogP contribution in [0.1, 0.15) is 20.8 Å². The van der Waals surface area contributed by atoms with Gasteiger partial charge in [-0.2, -0.15) is 0 Å². The zero-order valence-electron chi connectivity index (χ0n) is 9.00. The Bertz CT molecular complexity index is 195. The molecule has 0 unspecified atom stereocenters. The molecule has 1 amide bonds. The molecule has 1 fully saturated rings. The van der Waals surface area contributed by atoms with Gasteiger partial charge in [-0.1, -0.05) is 11.9 Å². The van der Waals surface area contributed by atoms with Gasteiger partial charge in [0.1, 0.15) is 5.60 Å². The first-order chi connectivity index (χ1) is 6.49. The highest BCUT2D eigenvalue weighted by Gasteiger charge is 2.22. The van der Waals surface area contributed by atoms with E-state index in [1.54, 1.807) is 16.8 Å². The molecule has 0 bridgehead atoms. The Morgan fingerprint density at radius 2 is 2.14 bits per heavy atom. The molecule has 0 aliphatic carbocycles. The van der Waals surface area contributed by atoms with Crippen LogP contribution in [0.4, 0.5) is 4.79 Å². The van der Waals surface area contributed by atoms with Gasteiger partial charge in [0.25, 0.3) is 0 Å². The second-order valence-corrected chi connectivity index (χ2v) is 5.20. The van der Waals surface area contributed by atoms with Crippen LogP contribution in [0.25, 0.3) is 0 Å². The van der Waals surface area contributed by atoms with E-state index in [0.717, 1.165) is 25.4 Å². The zero-order valence-corrected chi connectivity index (χ0v) is 9.82. The number of carbonyl (C=O) groups is 1. The summed E-state index contributed by atoms with van der Waals surface area (Å²) < 4.78 is 8.44. The highest BCUT2D eigenvalue weighted by molar-refractivity contribution is 7.97. The fraction of sp³-hybridized carbons (Fsp3) is 0.889. The molecule has 0 atom stereocenters. The van der Waals surface area contributed by atoms with E-state index in [9.17, 15) is 4.79 Å². The van der Waals surface area contributed by atoms with Crippen LogP contribution < -0.4 is 4.72 Å². The van der Waals surface area contributed by atoms with Crippen molar-refractivity contribution in [3.8, 4) is 0 Å². The molecule has 1 saturated heterocycles. The number of rotatable bonds is 0. The number of hydrogen-bond acceptors (Lipinski definition) is 4. The lowest BCUT2D eigenvalue weighted by molar-refractivity contribution is 0.0269. The van der Waals surface area contributed by atoms with E-state index in [1.165, 1.54) is 0 Å². The maximum Gasteiger partial charge on any atom is 0.410 e. The standard InChI is InChI=1S/C9H18N2O2S/c1-9(2,3)13-8(12)11-5-4-10-14-7-6-11/h10H,4-7H2,1-3H3.